The van der Waals surface area contributed by atoms with Gasteiger partial charge in [-0.1, -0.05) is 30.3 Å². The van der Waals surface area contributed by atoms with Crippen LogP contribution in [0.15, 0.2) is 30.3 Å². The standard InChI is InChI=1S/C18H26N2O3/c1-15-13-19(14-16-7-4-3-5-8-16)11-6-12-20(15)17(21)9-10-18(22)23-2/h3-5,7-8,15H,6,9-14H2,1-2H3. The van der Waals surface area contributed by atoms with E-state index in [9.17, 15) is 9.59 Å². The van der Waals surface area contributed by atoms with Crippen LogP contribution in [0.1, 0.15) is 31.7 Å². The molecule has 0 radical (unpaired) electrons. The van der Waals surface area contributed by atoms with Crippen LogP contribution in [0.5, 0.6) is 0 Å². The molecule has 0 N–H and O–H groups in total. The number of hydrogen-bond acceptors (Lipinski definition) is 4. The SMILES string of the molecule is COC(=O)CCC(=O)N1CCCN(Cc2ccccc2)CC1C. The van der Waals surface area contributed by atoms with Crippen LogP contribution in [0.25, 0.3) is 0 Å². The molecular weight excluding hydrogens is 292 g/mol. The van der Waals surface area contributed by atoms with Gasteiger partial charge < -0.3 is 9.64 Å². The molecule has 1 atom stereocenters. The molecule has 1 heterocycles. The number of esters is 1. The summed E-state index contributed by atoms with van der Waals surface area (Å²) in [6, 6.07) is 10.6. The van der Waals surface area contributed by atoms with E-state index in [1.165, 1.54) is 12.7 Å². The van der Waals surface area contributed by atoms with Crippen LogP contribution in [-0.2, 0) is 20.9 Å². The molecule has 23 heavy (non-hydrogen) atoms. The highest BCUT2D eigenvalue weighted by atomic mass is 16.5. The smallest absolute Gasteiger partial charge is 0.306 e. The summed E-state index contributed by atoms with van der Waals surface area (Å²) < 4.78 is 4.61. The maximum Gasteiger partial charge on any atom is 0.306 e. The first-order chi connectivity index (χ1) is 11.1. The molecule has 126 valence electrons. The van der Waals surface area contributed by atoms with Crippen molar-refractivity contribution in [3.8, 4) is 0 Å². The van der Waals surface area contributed by atoms with Crippen LogP contribution in [0.4, 0.5) is 0 Å². The lowest BCUT2D eigenvalue weighted by molar-refractivity contribution is -0.144. The maximum atomic E-state index is 12.3. The minimum atomic E-state index is -0.327. The van der Waals surface area contributed by atoms with Gasteiger partial charge in [0.25, 0.3) is 0 Å². The number of amides is 1. The molecule has 1 fully saturated rings. The zero-order valence-electron chi connectivity index (χ0n) is 14.0. The monoisotopic (exact) mass is 318 g/mol. The van der Waals surface area contributed by atoms with E-state index >= 15 is 0 Å². The van der Waals surface area contributed by atoms with Crippen LogP contribution < -0.4 is 0 Å². The van der Waals surface area contributed by atoms with E-state index in [-0.39, 0.29) is 30.8 Å². The van der Waals surface area contributed by atoms with Gasteiger partial charge in [0.1, 0.15) is 0 Å². The van der Waals surface area contributed by atoms with Crippen LogP contribution in [0, 0.1) is 0 Å². The predicted molar refractivity (Wildman–Crippen MR) is 88.8 cm³/mol. The highest BCUT2D eigenvalue weighted by molar-refractivity contribution is 5.81. The lowest BCUT2D eigenvalue weighted by Gasteiger charge is -2.29. The van der Waals surface area contributed by atoms with Gasteiger partial charge in [-0.2, -0.15) is 0 Å². The molecule has 0 saturated carbocycles. The fraction of sp³-hybridized carbons (Fsp3) is 0.556. The Hall–Kier alpha value is -1.88. The number of ether oxygens (including phenoxy) is 1. The average Bonchev–Trinajstić information content (AvgIpc) is 2.74. The number of benzene rings is 1. The first-order valence-corrected chi connectivity index (χ1v) is 8.22. The summed E-state index contributed by atoms with van der Waals surface area (Å²) >= 11 is 0. The van der Waals surface area contributed by atoms with E-state index in [4.69, 9.17) is 0 Å². The zero-order chi connectivity index (χ0) is 16.7. The van der Waals surface area contributed by atoms with E-state index in [2.05, 4.69) is 40.8 Å². The first kappa shape index (κ1) is 17.5. The van der Waals surface area contributed by atoms with Crippen molar-refractivity contribution in [2.24, 2.45) is 0 Å². The van der Waals surface area contributed by atoms with E-state index in [1.807, 2.05) is 11.0 Å². The highest BCUT2D eigenvalue weighted by Crippen LogP contribution is 2.15. The molecule has 0 spiro atoms. The number of carbonyl (C=O) groups is 2. The number of methoxy groups -OCH3 is 1. The topological polar surface area (TPSA) is 49.9 Å². The number of rotatable bonds is 5. The van der Waals surface area contributed by atoms with Gasteiger partial charge >= 0.3 is 5.97 Å². The Kier molecular flexibility index (Phi) is 6.59. The third-order valence-electron chi connectivity index (χ3n) is 4.27. The van der Waals surface area contributed by atoms with Crippen molar-refractivity contribution in [1.29, 1.82) is 0 Å². The maximum absolute atomic E-state index is 12.3. The lowest BCUT2D eigenvalue weighted by atomic mass is 10.2. The Bertz CT molecular complexity index is 518. The number of carbonyl (C=O) groups excluding carboxylic acids is 2. The van der Waals surface area contributed by atoms with E-state index < -0.39 is 0 Å². The predicted octanol–water partition coefficient (Wildman–Crippen LogP) is 2.06. The molecule has 1 unspecified atom stereocenters. The summed E-state index contributed by atoms with van der Waals surface area (Å²) in [6.45, 7) is 5.60. The van der Waals surface area contributed by atoms with Gasteiger partial charge in [-0.3, -0.25) is 14.5 Å². The second-order valence-corrected chi connectivity index (χ2v) is 6.09. The first-order valence-electron chi connectivity index (χ1n) is 8.22. The second-order valence-electron chi connectivity index (χ2n) is 6.09. The van der Waals surface area contributed by atoms with E-state index in [0.29, 0.717) is 0 Å². The van der Waals surface area contributed by atoms with Crippen LogP contribution in [0.3, 0.4) is 0 Å². The van der Waals surface area contributed by atoms with Gasteiger partial charge in [0, 0.05) is 38.6 Å². The van der Waals surface area contributed by atoms with Gasteiger partial charge in [0.2, 0.25) is 5.91 Å². The van der Waals surface area contributed by atoms with Gasteiger partial charge in [0.05, 0.1) is 13.5 Å². The average molecular weight is 318 g/mol. The molecule has 5 nitrogen and oxygen atoms in total. The zero-order valence-corrected chi connectivity index (χ0v) is 14.0. The van der Waals surface area contributed by atoms with Crippen molar-refractivity contribution >= 4 is 11.9 Å². The summed E-state index contributed by atoms with van der Waals surface area (Å²) in [6.07, 6.45) is 1.35. The molecule has 1 saturated heterocycles. The van der Waals surface area contributed by atoms with Crippen LogP contribution in [-0.4, -0.2) is 54.5 Å². The van der Waals surface area contributed by atoms with Crippen molar-refractivity contribution in [2.75, 3.05) is 26.7 Å². The minimum Gasteiger partial charge on any atom is -0.469 e. The summed E-state index contributed by atoms with van der Waals surface area (Å²) in [5.41, 5.74) is 1.30. The molecule has 1 aliphatic heterocycles. The largest absolute Gasteiger partial charge is 0.469 e. The molecule has 0 bridgehead atoms. The molecule has 1 aromatic carbocycles. The van der Waals surface area contributed by atoms with E-state index in [0.717, 1.165) is 32.6 Å². The number of nitrogens with zero attached hydrogens (tertiary/aromatic N) is 2. The van der Waals surface area contributed by atoms with E-state index in [1.54, 1.807) is 0 Å². The molecule has 2 rings (SSSR count). The molecular formula is C18H26N2O3. The molecule has 0 aromatic heterocycles. The second kappa shape index (κ2) is 8.67. The van der Waals surface area contributed by atoms with Crippen molar-refractivity contribution in [2.45, 2.75) is 38.8 Å². The van der Waals surface area contributed by atoms with Crippen molar-refractivity contribution in [3.05, 3.63) is 35.9 Å². The third kappa shape index (κ3) is 5.36. The summed E-state index contributed by atoms with van der Waals surface area (Å²) in [7, 11) is 1.35. The van der Waals surface area contributed by atoms with Crippen molar-refractivity contribution in [1.82, 2.24) is 9.80 Å². The fourth-order valence-electron chi connectivity index (χ4n) is 3.06. The Morgan fingerprint density at radius 3 is 2.61 bits per heavy atom. The molecule has 0 aliphatic carbocycles. The molecule has 1 amide bonds. The third-order valence-corrected chi connectivity index (χ3v) is 4.27. The highest BCUT2D eigenvalue weighted by Gasteiger charge is 2.25. The Morgan fingerprint density at radius 1 is 1.17 bits per heavy atom. The number of hydrogen-bond donors (Lipinski definition) is 0. The molecule has 1 aliphatic rings. The minimum absolute atomic E-state index is 0.0458. The summed E-state index contributed by atoms with van der Waals surface area (Å²) in [5.74, 6) is -0.281. The fourth-order valence-corrected chi connectivity index (χ4v) is 3.06. The lowest BCUT2D eigenvalue weighted by Crippen LogP contribution is -2.42. The quantitative estimate of drug-likeness (QED) is 0.780. The van der Waals surface area contributed by atoms with Gasteiger partial charge in [-0.05, 0) is 18.9 Å². The van der Waals surface area contributed by atoms with Gasteiger partial charge in [0.15, 0.2) is 0 Å². The van der Waals surface area contributed by atoms with Crippen molar-refractivity contribution in [3.63, 3.8) is 0 Å². The normalized spacial score (nSPS) is 19.2. The Morgan fingerprint density at radius 2 is 1.91 bits per heavy atom. The molecule has 5 heteroatoms. The summed E-state index contributed by atoms with van der Waals surface area (Å²) in [4.78, 5) is 27.9. The molecule has 1 aromatic rings. The Labute approximate surface area is 138 Å². The van der Waals surface area contributed by atoms with Crippen LogP contribution in [0.2, 0.25) is 0 Å². The van der Waals surface area contributed by atoms with Crippen molar-refractivity contribution < 1.29 is 14.3 Å². The van der Waals surface area contributed by atoms with Gasteiger partial charge in [-0.15, -0.1) is 0 Å². The summed E-state index contributed by atoms with van der Waals surface area (Å²) in [5, 5.41) is 0. The van der Waals surface area contributed by atoms with Crippen LogP contribution >= 0.6 is 0 Å². The Balaban J connectivity index is 1.88. The van der Waals surface area contributed by atoms with Gasteiger partial charge in [-0.25, -0.2) is 0 Å².